The maximum atomic E-state index is 2.74. The molecule has 0 radical (unpaired) electrons. The molecule has 7 atom stereocenters. The SMILES string of the molecule is CC(C)CCC[C@H](C)[C@@H]1CC[C@@H]2[C@H]3CCC4=CCCC[C@]4(C)[C@@H]3CC[C@]21C. The van der Waals surface area contributed by atoms with Crippen LogP contribution in [0.4, 0.5) is 0 Å². The molecule has 0 amide bonds. The average molecular weight is 371 g/mol. The van der Waals surface area contributed by atoms with Gasteiger partial charge in [0.25, 0.3) is 0 Å². The molecule has 3 fully saturated rings. The summed E-state index contributed by atoms with van der Waals surface area (Å²) in [6, 6.07) is 0. The van der Waals surface area contributed by atoms with E-state index < -0.39 is 0 Å². The summed E-state index contributed by atoms with van der Waals surface area (Å²) in [5.74, 6) is 5.91. The molecule has 0 aromatic carbocycles. The van der Waals surface area contributed by atoms with Crippen molar-refractivity contribution >= 4 is 0 Å². The summed E-state index contributed by atoms with van der Waals surface area (Å²) in [4.78, 5) is 0. The molecule has 0 aliphatic heterocycles. The highest BCUT2D eigenvalue weighted by Crippen LogP contribution is 2.67. The number of allylic oxidation sites excluding steroid dienone is 2. The lowest BCUT2D eigenvalue weighted by molar-refractivity contribution is -0.0592. The van der Waals surface area contributed by atoms with Gasteiger partial charge in [-0.1, -0.05) is 65.5 Å². The van der Waals surface area contributed by atoms with E-state index in [9.17, 15) is 0 Å². The third kappa shape index (κ3) is 3.36. The maximum absolute atomic E-state index is 2.74. The minimum atomic E-state index is 0.573. The lowest BCUT2D eigenvalue weighted by Crippen LogP contribution is -2.50. The minimum Gasteiger partial charge on any atom is -0.0848 e. The Hall–Kier alpha value is -0.260. The number of rotatable bonds is 5. The quantitative estimate of drug-likeness (QED) is 0.426. The topological polar surface area (TPSA) is 0 Å². The Morgan fingerprint density at radius 3 is 2.56 bits per heavy atom. The van der Waals surface area contributed by atoms with E-state index in [1.165, 1.54) is 70.6 Å². The van der Waals surface area contributed by atoms with Gasteiger partial charge in [0.15, 0.2) is 0 Å². The van der Waals surface area contributed by atoms with E-state index in [1.54, 1.807) is 6.42 Å². The van der Waals surface area contributed by atoms with Crippen molar-refractivity contribution in [1.82, 2.24) is 0 Å². The molecule has 0 heteroatoms. The van der Waals surface area contributed by atoms with Crippen LogP contribution in [-0.2, 0) is 0 Å². The van der Waals surface area contributed by atoms with Crippen molar-refractivity contribution in [2.75, 3.05) is 0 Å². The highest BCUT2D eigenvalue weighted by molar-refractivity contribution is 5.23. The second-order valence-corrected chi connectivity index (χ2v) is 12.0. The molecule has 3 saturated carbocycles. The first-order valence-corrected chi connectivity index (χ1v) is 12.6. The van der Waals surface area contributed by atoms with E-state index in [0.29, 0.717) is 10.8 Å². The first-order chi connectivity index (χ1) is 12.9. The van der Waals surface area contributed by atoms with Gasteiger partial charge in [0, 0.05) is 0 Å². The van der Waals surface area contributed by atoms with Gasteiger partial charge in [-0.15, -0.1) is 0 Å². The van der Waals surface area contributed by atoms with Gasteiger partial charge < -0.3 is 0 Å². The molecule has 0 aromatic heterocycles. The van der Waals surface area contributed by atoms with Gasteiger partial charge in [-0.05, 0) is 104 Å². The molecular formula is C27H46. The molecule has 154 valence electrons. The molecule has 0 bridgehead atoms. The number of hydrogen-bond donors (Lipinski definition) is 0. The molecule has 0 heterocycles. The summed E-state index contributed by atoms with van der Waals surface area (Å²) >= 11 is 0. The van der Waals surface area contributed by atoms with Crippen LogP contribution < -0.4 is 0 Å². The zero-order chi connectivity index (χ0) is 19.2. The molecule has 0 N–H and O–H groups in total. The molecule has 4 rings (SSSR count). The van der Waals surface area contributed by atoms with E-state index >= 15 is 0 Å². The Morgan fingerprint density at radius 2 is 1.78 bits per heavy atom. The molecule has 27 heavy (non-hydrogen) atoms. The summed E-state index contributed by atoms with van der Waals surface area (Å²) in [5.41, 5.74) is 3.10. The van der Waals surface area contributed by atoms with Crippen molar-refractivity contribution < 1.29 is 0 Å². The van der Waals surface area contributed by atoms with Crippen LogP contribution in [0.1, 0.15) is 112 Å². The van der Waals surface area contributed by atoms with Gasteiger partial charge in [0.2, 0.25) is 0 Å². The normalized spacial score (nSPS) is 45.0. The van der Waals surface area contributed by atoms with Crippen LogP contribution in [0.25, 0.3) is 0 Å². The fourth-order valence-corrected chi connectivity index (χ4v) is 8.78. The van der Waals surface area contributed by atoms with Crippen LogP contribution in [0.2, 0.25) is 0 Å². The lowest BCUT2D eigenvalue weighted by atomic mass is 9.46. The Balaban J connectivity index is 1.48. The zero-order valence-corrected chi connectivity index (χ0v) is 19.0. The number of hydrogen-bond acceptors (Lipinski definition) is 0. The summed E-state index contributed by atoms with van der Waals surface area (Å²) in [6.07, 6.45) is 20.4. The smallest absolute Gasteiger partial charge is 0.00853 e. The van der Waals surface area contributed by atoms with E-state index in [0.717, 1.165) is 35.5 Å². The van der Waals surface area contributed by atoms with E-state index in [-0.39, 0.29) is 0 Å². The summed E-state index contributed by atoms with van der Waals surface area (Å²) in [5, 5.41) is 0. The molecular weight excluding hydrogens is 324 g/mol. The molecule has 4 aliphatic rings. The largest absolute Gasteiger partial charge is 0.0848 e. The minimum absolute atomic E-state index is 0.573. The fourth-order valence-electron chi connectivity index (χ4n) is 8.78. The predicted molar refractivity (Wildman–Crippen MR) is 118 cm³/mol. The fraction of sp³-hybridized carbons (Fsp3) is 0.926. The van der Waals surface area contributed by atoms with Crippen molar-refractivity contribution in [2.45, 2.75) is 112 Å². The van der Waals surface area contributed by atoms with Crippen LogP contribution in [0.5, 0.6) is 0 Å². The van der Waals surface area contributed by atoms with Crippen LogP contribution in [0.15, 0.2) is 11.6 Å². The van der Waals surface area contributed by atoms with Crippen molar-refractivity contribution in [1.29, 1.82) is 0 Å². The van der Waals surface area contributed by atoms with Crippen molar-refractivity contribution in [3.05, 3.63) is 11.6 Å². The van der Waals surface area contributed by atoms with Crippen LogP contribution >= 0.6 is 0 Å². The summed E-state index contributed by atoms with van der Waals surface area (Å²) in [7, 11) is 0. The summed E-state index contributed by atoms with van der Waals surface area (Å²) in [6.45, 7) is 12.8. The first kappa shape index (κ1) is 20.0. The Morgan fingerprint density at radius 1 is 0.963 bits per heavy atom. The van der Waals surface area contributed by atoms with Crippen molar-refractivity contribution in [3.8, 4) is 0 Å². The van der Waals surface area contributed by atoms with Gasteiger partial charge in [-0.2, -0.15) is 0 Å². The van der Waals surface area contributed by atoms with Gasteiger partial charge in [0.1, 0.15) is 0 Å². The standard InChI is InChI=1S/C27H46/c1-19(2)9-8-10-20(3)23-14-15-24-22-13-12-21-11-6-7-17-26(21,4)25(22)16-18-27(23,24)5/h11,19-20,22-25H,6-10,12-18H2,1-5H3/t20-,22+,23-,24+,25+,26-,27-/m0/s1. The molecule has 0 unspecified atom stereocenters. The number of fused-ring (bicyclic) bond motifs is 5. The van der Waals surface area contributed by atoms with Crippen LogP contribution in [0.3, 0.4) is 0 Å². The molecule has 0 spiro atoms. The third-order valence-corrected chi connectivity index (χ3v) is 10.2. The van der Waals surface area contributed by atoms with E-state index in [2.05, 4.69) is 40.7 Å². The molecule has 0 aromatic rings. The van der Waals surface area contributed by atoms with Crippen molar-refractivity contribution in [2.24, 2.45) is 46.3 Å². The Kier molecular flexibility index (Phi) is 5.59. The highest BCUT2D eigenvalue weighted by atomic mass is 14.6. The first-order valence-electron chi connectivity index (χ1n) is 12.6. The monoisotopic (exact) mass is 370 g/mol. The van der Waals surface area contributed by atoms with Crippen LogP contribution in [-0.4, -0.2) is 0 Å². The lowest BCUT2D eigenvalue weighted by Gasteiger charge is -2.58. The zero-order valence-electron chi connectivity index (χ0n) is 19.0. The Labute approximate surface area is 170 Å². The van der Waals surface area contributed by atoms with Gasteiger partial charge in [-0.3, -0.25) is 0 Å². The molecule has 0 saturated heterocycles. The third-order valence-electron chi connectivity index (χ3n) is 10.2. The molecule has 0 nitrogen and oxygen atoms in total. The van der Waals surface area contributed by atoms with Gasteiger partial charge >= 0.3 is 0 Å². The van der Waals surface area contributed by atoms with Gasteiger partial charge in [-0.25, -0.2) is 0 Å². The highest BCUT2D eigenvalue weighted by Gasteiger charge is 2.59. The van der Waals surface area contributed by atoms with E-state index in [1.807, 2.05) is 5.57 Å². The Bertz CT molecular complexity index is 556. The molecule has 4 aliphatic carbocycles. The van der Waals surface area contributed by atoms with Crippen molar-refractivity contribution in [3.63, 3.8) is 0 Å². The average Bonchev–Trinajstić information content (AvgIpc) is 2.98. The second kappa shape index (κ2) is 7.53. The van der Waals surface area contributed by atoms with Gasteiger partial charge in [0.05, 0.1) is 0 Å². The summed E-state index contributed by atoms with van der Waals surface area (Å²) < 4.78 is 0. The second-order valence-electron chi connectivity index (χ2n) is 12.0. The maximum Gasteiger partial charge on any atom is -0.00853 e. The predicted octanol–water partition coefficient (Wildman–Crippen LogP) is 8.42. The van der Waals surface area contributed by atoms with Crippen LogP contribution in [0, 0.1) is 46.3 Å². The van der Waals surface area contributed by atoms with E-state index in [4.69, 9.17) is 0 Å².